The van der Waals surface area contributed by atoms with E-state index >= 15 is 0 Å². The van der Waals surface area contributed by atoms with E-state index in [1.54, 1.807) is 12.1 Å². The number of halogens is 2. The van der Waals surface area contributed by atoms with Gasteiger partial charge in [0.2, 0.25) is 0 Å². The van der Waals surface area contributed by atoms with Crippen LogP contribution in [0.2, 0.25) is 10.3 Å². The molecule has 0 amide bonds. The van der Waals surface area contributed by atoms with Gasteiger partial charge >= 0.3 is 0 Å². The highest BCUT2D eigenvalue weighted by Gasteiger charge is 2.07. The molecule has 3 N–H and O–H groups in total. The van der Waals surface area contributed by atoms with Crippen molar-refractivity contribution in [2.24, 2.45) is 0 Å². The summed E-state index contributed by atoms with van der Waals surface area (Å²) in [5.41, 5.74) is 7.17. The molecule has 0 saturated heterocycles. The van der Waals surface area contributed by atoms with E-state index in [1.165, 1.54) is 0 Å². The van der Waals surface area contributed by atoms with E-state index in [4.69, 9.17) is 28.9 Å². The van der Waals surface area contributed by atoms with E-state index in [-0.39, 0.29) is 5.15 Å². The van der Waals surface area contributed by atoms with Crippen molar-refractivity contribution < 1.29 is 0 Å². The molecule has 1 aromatic carbocycles. The molecule has 72 valence electrons. The van der Waals surface area contributed by atoms with Crippen LogP contribution in [-0.2, 0) is 0 Å². The number of rotatable bonds is 1. The summed E-state index contributed by atoms with van der Waals surface area (Å²) in [6.45, 7) is 0. The van der Waals surface area contributed by atoms with Crippen LogP contribution in [0.3, 0.4) is 0 Å². The summed E-state index contributed by atoms with van der Waals surface area (Å²) in [6, 6.07) is 7.32. The zero-order valence-corrected chi connectivity index (χ0v) is 8.60. The van der Waals surface area contributed by atoms with E-state index in [0.717, 1.165) is 5.56 Å². The number of benzene rings is 1. The molecule has 0 atom stereocenters. The maximum absolute atomic E-state index is 5.74. The topological polar surface area (TPSA) is 54.7 Å². The number of anilines is 1. The third kappa shape index (κ3) is 1.69. The molecule has 2 rings (SSSR count). The fourth-order valence-electron chi connectivity index (χ4n) is 1.15. The highest BCUT2D eigenvalue weighted by Crippen LogP contribution is 2.25. The average molecular weight is 228 g/mol. The Balaban J connectivity index is 2.49. The van der Waals surface area contributed by atoms with Crippen LogP contribution in [0.25, 0.3) is 11.4 Å². The Morgan fingerprint density at radius 3 is 2.64 bits per heavy atom. The quantitative estimate of drug-likeness (QED) is 0.737. The first-order valence-corrected chi connectivity index (χ1v) is 4.69. The van der Waals surface area contributed by atoms with Gasteiger partial charge < -0.3 is 10.7 Å². The minimum atomic E-state index is 0.268. The number of aromatic amines is 1. The summed E-state index contributed by atoms with van der Waals surface area (Å²) in [6.07, 6.45) is 0. The molecule has 0 radical (unpaired) electrons. The lowest BCUT2D eigenvalue weighted by molar-refractivity contribution is 1.31. The predicted octanol–water partition coefficient (Wildman–Crippen LogP) is 2.97. The molecule has 3 nitrogen and oxygen atoms in total. The molecule has 0 aliphatic rings. The number of nitrogen functional groups attached to an aromatic ring is 1. The summed E-state index contributed by atoms with van der Waals surface area (Å²) in [7, 11) is 0. The van der Waals surface area contributed by atoms with E-state index in [1.807, 2.05) is 12.1 Å². The van der Waals surface area contributed by atoms with Crippen molar-refractivity contribution >= 4 is 28.9 Å². The summed E-state index contributed by atoms with van der Waals surface area (Å²) < 4.78 is 0. The largest absolute Gasteiger partial charge is 0.399 e. The van der Waals surface area contributed by atoms with Crippen LogP contribution in [0.15, 0.2) is 24.3 Å². The Hall–Kier alpha value is -1.19. The first kappa shape index (κ1) is 9.37. The molecule has 0 fully saturated rings. The minimum absolute atomic E-state index is 0.268. The normalized spacial score (nSPS) is 10.4. The Labute approximate surface area is 90.9 Å². The Kier molecular flexibility index (Phi) is 2.35. The van der Waals surface area contributed by atoms with Crippen LogP contribution >= 0.6 is 23.2 Å². The van der Waals surface area contributed by atoms with E-state index < -0.39 is 0 Å². The molecule has 0 spiro atoms. The third-order valence-electron chi connectivity index (χ3n) is 1.78. The molecule has 14 heavy (non-hydrogen) atoms. The van der Waals surface area contributed by atoms with Crippen molar-refractivity contribution in [1.29, 1.82) is 0 Å². The van der Waals surface area contributed by atoms with Crippen LogP contribution < -0.4 is 5.73 Å². The highest BCUT2D eigenvalue weighted by atomic mass is 35.5. The second kappa shape index (κ2) is 3.52. The monoisotopic (exact) mass is 227 g/mol. The van der Waals surface area contributed by atoms with Crippen LogP contribution in [0.4, 0.5) is 5.69 Å². The predicted molar refractivity (Wildman–Crippen MR) is 58.5 cm³/mol. The number of hydrogen-bond donors (Lipinski definition) is 2. The fourth-order valence-corrected chi connectivity index (χ4v) is 1.42. The van der Waals surface area contributed by atoms with Crippen molar-refractivity contribution in [3.8, 4) is 11.4 Å². The minimum Gasteiger partial charge on any atom is -0.399 e. The van der Waals surface area contributed by atoms with Gasteiger partial charge in [-0.3, -0.25) is 0 Å². The molecule has 0 bridgehead atoms. The lowest BCUT2D eigenvalue weighted by atomic mass is 10.2. The zero-order valence-electron chi connectivity index (χ0n) is 7.09. The van der Waals surface area contributed by atoms with Gasteiger partial charge in [-0.15, -0.1) is 0 Å². The number of nitrogens with two attached hydrogens (primary N) is 1. The maximum Gasteiger partial charge on any atom is 0.166 e. The molecule has 5 heteroatoms. The Morgan fingerprint density at radius 1 is 1.29 bits per heavy atom. The van der Waals surface area contributed by atoms with Crippen LogP contribution in [0.5, 0.6) is 0 Å². The lowest BCUT2D eigenvalue weighted by Gasteiger charge is -1.97. The number of nitrogens with zero attached hydrogens (tertiary/aromatic N) is 1. The molecule has 1 aromatic heterocycles. The van der Waals surface area contributed by atoms with Gasteiger partial charge in [0.25, 0.3) is 0 Å². The van der Waals surface area contributed by atoms with Gasteiger partial charge in [0.1, 0.15) is 11.0 Å². The third-order valence-corrected chi connectivity index (χ3v) is 2.42. The number of aromatic nitrogens is 2. The van der Waals surface area contributed by atoms with Gasteiger partial charge in [-0.2, -0.15) is 0 Å². The smallest absolute Gasteiger partial charge is 0.166 e. The number of nitrogens with one attached hydrogen (secondary N) is 1. The maximum atomic E-state index is 5.74. The van der Waals surface area contributed by atoms with Crippen molar-refractivity contribution in [2.75, 3.05) is 5.73 Å². The molecule has 1 heterocycles. The van der Waals surface area contributed by atoms with Crippen molar-refractivity contribution in [3.63, 3.8) is 0 Å². The van der Waals surface area contributed by atoms with E-state index in [2.05, 4.69) is 9.97 Å². The van der Waals surface area contributed by atoms with Crippen LogP contribution in [-0.4, -0.2) is 9.97 Å². The highest BCUT2D eigenvalue weighted by molar-refractivity contribution is 6.40. The molecular formula is C9H7Cl2N3. The Morgan fingerprint density at radius 2 is 2.07 bits per heavy atom. The number of hydrogen-bond acceptors (Lipinski definition) is 2. The van der Waals surface area contributed by atoms with Gasteiger partial charge in [-0.1, -0.05) is 35.3 Å². The first-order valence-electron chi connectivity index (χ1n) is 3.94. The second-order valence-electron chi connectivity index (χ2n) is 2.82. The second-order valence-corrected chi connectivity index (χ2v) is 3.55. The lowest BCUT2D eigenvalue weighted by Crippen LogP contribution is -1.86. The SMILES string of the molecule is Nc1cccc(-c2nc(Cl)c(Cl)[nH]2)c1. The molecule has 0 aliphatic heterocycles. The van der Waals surface area contributed by atoms with Crippen molar-refractivity contribution in [1.82, 2.24) is 9.97 Å². The summed E-state index contributed by atoms with van der Waals surface area (Å²) >= 11 is 11.5. The van der Waals surface area contributed by atoms with Crippen molar-refractivity contribution in [3.05, 3.63) is 34.6 Å². The van der Waals surface area contributed by atoms with Gasteiger partial charge in [-0.05, 0) is 12.1 Å². The van der Waals surface area contributed by atoms with Gasteiger partial charge in [-0.25, -0.2) is 4.98 Å². The molecule has 0 aliphatic carbocycles. The number of imidazole rings is 1. The van der Waals surface area contributed by atoms with Gasteiger partial charge in [0.05, 0.1) is 0 Å². The standard InChI is InChI=1S/C9H7Cl2N3/c10-7-8(11)14-9(13-7)5-2-1-3-6(12)4-5/h1-4H,12H2,(H,13,14). The van der Waals surface area contributed by atoms with Crippen molar-refractivity contribution in [2.45, 2.75) is 0 Å². The number of H-pyrrole nitrogens is 1. The summed E-state index contributed by atoms with van der Waals surface area (Å²) in [5, 5.41) is 0.605. The fraction of sp³-hybridized carbons (Fsp3) is 0. The molecule has 2 aromatic rings. The Bertz CT molecular complexity index is 445. The van der Waals surface area contributed by atoms with Crippen LogP contribution in [0, 0.1) is 0 Å². The van der Waals surface area contributed by atoms with E-state index in [9.17, 15) is 0 Å². The zero-order chi connectivity index (χ0) is 10.1. The van der Waals surface area contributed by atoms with E-state index in [0.29, 0.717) is 16.7 Å². The molecule has 0 unspecified atom stereocenters. The van der Waals surface area contributed by atoms with Gasteiger partial charge in [0, 0.05) is 11.3 Å². The van der Waals surface area contributed by atoms with Crippen LogP contribution in [0.1, 0.15) is 0 Å². The molecule has 0 saturated carbocycles. The summed E-state index contributed by atoms with van der Waals surface area (Å²) in [4.78, 5) is 6.90. The molecular weight excluding hydrogens is 221 g/mol. The van der Waals surface area contributed by atoms with Gasteiger partial charge in [0.15, 0.2) is 5.15 Å². The summed E-state index contributed by atoms with van der Waals surface area (Å²) in [5.74, 6) is 0.618. The first-order chi connectivity index (χ1) is 6.66. The average Bonchev–Trinajstić information content (AvgIpc) is 2.47.